The van der Waals surface area contributed by atoms with Crippen LogP contribution in [0.4, 0.5) is 5.69 Å². The topological polar surface area (TPSA) is 64.7 Å². The molecule has 1 atom stereocenters. The lowest BCUT2D eigenvalue weighted by Crippen LogP contribution is -2.17. The molecule has 17 heavy (non-hydrogen) atoms. The molecule has 0 radical (unpaired) electrons. The van der Waals surface area contributed by atoms with Crippen LogP contribution in [0.1, 0.15) is 6.42 Å². The smallest absolute Gasteiger partial charge is 0.319 e. The number of ether oxygens (including phenoxy) is 1. The summed E-state index contributed by atoms with van der Waals surface area (Å²) in [6.07, 6.45) is 0.695. The Balaban J connectivity index is 2.01. The van der Waals surface area contributed by atoms with Crippen LogP contribution in [0.3, 0.4) is 0 Å². The number of rotatable bonds is 2. The molecule has 90 valence electrons. The first-order valence-electron chi connectivity index (χ1n) is 5.08. The molecule has 0 aliphatic carbocycles. The van der Waals surface area contributed by atoms with Crippen LogP contribution < -0.4 is 5.73 Å². The molecule has 1 heterocycles. The summed E-state index contributed by atoms with van der Waals surface area (Å²) in [6.45, 7) is 0.474. The molecule has 0 saturated carbocycles. The van der Waals surface area contributed by atoms with Crippen molar-refractivity contribution in [3.05, 3.63) is 28.7 Å². The normalized spacial score (nSPS) is 20.4. The van der Waals surface area contributed by atoms with Gasteiger partial charge in [-0.05, 0) is 24.3 Å². The second kappa shape index (κ2) is 5.55. The summed E-state index contributed by atoms with van der Waals surface area (Å²) in [5.41, 5.74) is 6.55. The van der Waals surface area contributed by atoms with Crippen LogP contribution in [-0.2, 0) is 9.53 Å². The minimum atomic E-state index is -0.214. The van der Waals surface area contributed by atoms with Crippen LogP contribution in [0, 0.1) is 0 Å². The van der Waals surface area contributed by atoms with Crippen molar-refractivity contribution in [1.82, 2.24) is 0 Å². The van der Waals surface area contributed by atoms with E-state index in [9.17, 15) is 4.79 Å². The van der Waals surface area contributed by atoms with Gasteiger partial charge in [-0.1, -0.05) is 27.7 Å². The lowest BCUT2D eigenvalue weighted by molar-refractivity contribution is -0.137. The van der Waals surface area contributed by atoms with Gasteiger partial charge in [-0.3, -0.25) is 4.79 Å². The summed E-state index contributed by atoms with van der Waals surface area (Å²) < 4.78 is 5.84. The molecule has 4 nitrogen and oxygen atoms in total. The number of carbonyl (C=O) groups excluding carboxylic acids is 1. The fraction of sp³-hybridized carbons (Fsp3) is 0.273. The lowest BCUT2D eigenvalue weighted by Gasteiger charge is -2.04. The third-order valence-corrected chi connectivity index (χ3v) is 3.79. The monoisotopic (exact) mass is 314 g/mol. The maximum absolute atomic E-state index is 11.2. The average Bonchev–Trinajstić information content (AvgIpc) is 2.68. The number of esters is 1. The quantitative estimate of drug-likeness (QED) is 0.517. The van der Waals surface area contributed by atoms with Gasteiger partial charge in [0, 0.05) is 10.9 Å². The molecule has 1 fully saturated rings. The Bertz CT molecular complexity index is 447. The molecule has 2 N–H and O–H groups in total. The van der Waals surface area contributed by atoms with E-state index in [1.165, 1.54) is 11.8 Å². The predicted octanol–water partition coefficient (Wildman–Crippen LogP) is 2.44. The second-order valence-electron chi connectivity index (χ2n) is 3.49. The van der Waals surface area contributed by atoms with Crippen molar-refractivity contribution < 1.29 is 9.53 Å². The molecule has 1 aliphatic rings. The molecule has 1 aromatic carbocycles. The van der Waals surface area contributed by atoms with E-state index in [-0.39, 0.29) is 11.2 Å². The van der Waals surface area contributed by atoms with E-state index >= 15 is 0 Å². The summed E-state index contributed by atoms with van der Waals surface area (Å²) in [6, 6.07) is 7.48. The average molecular weight is 315 g/mol. The van der Waals surface area contributed by atoms with E-state index in [0.29, 0.717) is 18.2 Å². The van der Waals surface area contributed by atoms with Gasteiger partial charge in [0.05, 0.1) is 12.3 Å². The number of amidine groups is 1. The van der Waals surface area contributed by atoms with Gasteiger partial charge in [0.2, 0.25) is 0 Å². The number of aliphatic imine (C=N–C) groups is 1. The van der Waals surface area contributed by atoms with E-state index in [0.717, 1.165) is 10.2 Å². The number of halogens is 1. The Labute approximate surface area is 112 Å². The van der Waals surface area contributed by atoms with Gasteiger partial charge in [0.15, 0.2) is 5.17 Å². The highest BCUT2D eigenvalue weighted by molar-refractivity contribution is 9.10. The Morgan fingerprint density at radius 3 is 2.76 bits per heavy atom. The van der Waals surface area contributed by atoms with Crippen molar-refractivity contribution in [2.75, 3.05) is 6.61 Å². The fourth-order valence-electron chi connectivity index (χ4n) is 1.40. The first-order chi connectivity index (χ1) is 8.15. The van der Waals surface area contributed by atoms with Crippen molar-refractivity contribution in [3.63, 3.8) is 0 Å². The van der Waals surface area contributed by atoms with Gasteiger partial charge < -0.3 is 10.5 Å². The largest absolute Gasteiger partial charge is 0.465 e. The van der Waals surface area contributed by atoms with E-state index in [2.05, 4.69) is 20.9 Å². The summed E-state index contributed by atoms with van der Waals surface area (Å²) in [4.78, 5) is 15.5. The third kappa shape index (κ3) is 3.47. The molecule has 0 bridgehead atoms. The Morgan fingerprint density at radius 1 is 1.47 bits per heavy atom. The second-order valence-corrected chi connectivity index (χ2v) is 5.63. The van der Waals surface area contributed by atoms with Crippen molar-refractivity contribution >= 4 is 44.5 Å². The van der Waals surface area contributed by atoms with Crippen molar-refractivity contribution in [1.29, 1.82) is 0 Å². The Kier molecular flexibility index (Phi) is 4.06. The van der Waals surface area contributed by atoms with Crippen molar-refractivity contribution in [3.8, 4) is 0 Å². The number of cyclic esters (lactones) is 1. The predicted molar refractivity (Wildman–Crippen MR) is 72.4 cm³/mol. The molecule has 1 aliphatic heterocycles. The molecule has 0 amide bonds. The Hall–Kier alpha value is -1.01. The first kappa shape index (κ1) is 12.4. The fourth-order valence-corrected chi connectivity index (χ4v) is 2.49. The highest BCUT2D eigenvalue weighted by Crippen LogP contribution is 2.24. The molecular weight excluding hydrogens is 304 g/mol. The zero-order chi connectivity index (χ0) is 12.3. The van der Waals surface area contributed by atoms with Crippen LogP contribution in [0.5, 0.6) is 0 Å². The minimum Gasteiger partial charge on any atom is -0.465 e. The van der Waals surface area contributed by atoms with Gasteiger partial charge in [-0.25, -0.2) is 4.99 Å². The third-order valence-electron chi connectivity index (χ3n) is 2.22. The van der Waals surface area contributed by atoms with Gasteiger partial charge in [-0.2, -0.15) is 0 Å². The van der Waals surface area contributed by atoms with Gasteiger partial charge in [0.25, 0.3) is 0 Å². The molecule has 0 spiro atoms. The number of benzene rings is 1. The van der Waals surface area contributed by atoms with E-state index in [1.54, 1.807) is 0 Å². The van der Waals surface area contributed by atoms with Crippen LogP contribution >= 0.6 is 27.7 Å². The van der Waals surface area contributed by atoms with Crippen LogP contribution in [0.2, 0.25) is 0 Å². The van der Waals surface area contributed by atoms with Gasteiger partial charge in [0.1, 0.15) is 5.25 Å². The summed E-state index contributed by atoms with van der Waals surface area (Å²) in [5, 5.41) is 0.172. The lowest BCUT2D eigenvalue weighted by atomic mass is 10.3. The summed E-state index contributed by atoms with van der Waals surface area (Å²) in [7, 11) is 0. The van der Waals surface area contributed by atoms with E-state index in [4.69, 9.17) is 10.5 Å². The SMILES string of the molecule is NC(=Nc1ccc(Br)cc1)SC1CCOC1=O. The number of thioether (sulfide) groups is 1. The first-order valence-corrected chi connectivity index (χ1v) is 6.75. The molecule has 1 saturated heterocycles. The summed E-state index contributed by atoms with van der Waals surface area (Å²) >= 11 is 4.60. The number of hydrogen-bond acceptors (Lipinski definition) is 4. The van der Waals surface area contributed by atoms with Crippen LogP contribution in [0.15, 0.2) is 33.7 Å². The molecular formula is C11H11BrN2O2S. The molecule has 0 aromatic heterocycles. The highest BCUT2D eigenvalue weighted by Gasteiger charge is 2.28. The number of nitrogens with zero attached hydrogens (tertiary/aromatic N) is 1. The highest BCUT2D eigenvalue weighted by atomic mass is 79.9. The van der Waals surface area contributed by atoms with Crippen LogP contribution in [-0.4, -0.2) is 23.0 Å². The van der Waals surface area contributed by atoms with E-state index < -0.39 is 0 Å². The molecule has 6 heteroatoms. The van der Waals surface area contributed by atoms with Crippen LogP contribution in [0.25, 0.3) is 0 Å². The molecule has 1 unspecified atom stereocenters. The van der Waals surface area contributed by atoms with Gasteiger partial charge in [-0.15, -0.1) is 0 Å². The summed E-state index contributed by atoms with van der Waals surface area (Å²) in [5.74, 6) is -0.205. The standard InChI is InChI=1S/C11H11BrN2O2S/c12-7-1-3-8(4-2-7)14-11(13)17-9-5-6-16-10(9)15/h1-4,9H,5-6H2,(H2,13,14). The molecule has 2 rings (SSSR count). The maximum Gasteiger partial charge on any atom is 0.319 e. The number of hydrogen-bond donors (Lipinski definition) is 1. The number of nitrogens with two attached hydrogens (primary N) is 1. The number of carbonyl (C=O) groups is 1. The Morgan fingerprint density at radius 2 is 2.18 bits per heavy atom. The van der Waals surface area contributed by atoms with Crippen molar-refractivity contribution in [2.45, 2.75) is 11.7 Å². The van der Waals surface area contributed by atoms with Crippen molar-refractivity contribution in [2.24, 2.45) is 10.7 Å². The minimum absolute atomic E-state index is 0.205. The van der Waals surface area contributed by atoms with Gasteiger partial charge >= 0.3 is 5.97 Å². The zero-order valence-electron chi connectivity index (χ0n) is 8.93. The van der Waals surface area contributed by atoms with E-state index in [1.807, 2.05) is 24.3 Å². The zero-order valence-corrected chi connectivity index (χ0v) is 11.3. The maximum atomic E-state index is 11.2. The molecule has 1 aromatic rings.